The second-order valence-electron chi connectivity index (χ2n) is 8.36. The van der Waals surface area contributed by atoms with Crippen LogP contribution >= 0.6 is 0 Å². The summed E-state index contributed by atoms with van der Waals surface area (Å²) in [5.74, 6) is 0.542. The maximum atomic E-state index is 13.4. The number of Topliss-reactive ketones (excluding diaryl/α,β-unsaturated/α-hetero) is 1. The third-order valence-corrected chi connectivity index (χ3v) is 6.23. The van der Waals surface area contributed by atoms with Gasteiger partial charge in [-0.05, 0) is 66.9 Å². The van der Waals surface area contributed by atoms with E-state index in [2.05, 4.69) is 71.5 Å². The van der Waals surface area contributed by atoms with Gasteiger partial charge in [-0.25, -0.2) is 0 Å². The van der Waals surface area contributed by atoms with Gasteiger partial charge in [0.15, 0.2) is 0 Å². The fourth-order valence-electron chi connectivity index (χ4n) is 4.68. The zero-order valence-corrected chi connectivity index (χ0v) is 19.7. The average molecular weight is 432 g/mol. The maximum Gasteiger partial charge on any atom is 0.144 e. The summed E-state index contributed by atoms with van der Waals surface area (Å²) in [4.78, 5) is 15.8. The molecule has 4 heteroatoms. The summed E-state index contributed by atoms with van der Waals surface area (Å²) in [5, 5.41) is 6.42. The molecule has 1 fully saturated rings. The summed E-state index contributed by atoms with van der Waals surface area (Å²) in [6.45, 7) is 13.3. The second-order valence-corrected chi connectivity index (χ2v) is 8.36. The standard InChI is InChI=1S/C26H31N3O.C2H6/c1-3-27-16-19(2)18-29-14-12-23(26(30)22-11-13-28-17-22)24-15-21(9-10-25(24)29)20-7-5-4-6-8-20;1-2/h3-10,15-16,22-23,27-28H,1,11-14,17-18H2,2H3;1-2H3/b19-16+;. The number of nitrogens with zero attached hydrogens (tertiary/aromatic N) is 1. The molecular formula is C28H37N3O. The molecule has 170 valence electrons. The molecule has 0 bridgehead atoms. The van der Waals surface area contributed by atoms with Crippen LogP contribution in [0.2, 0.25) is 0 Å². The Morgan fingerprint density at radius 2 is 1.94 bits per heavy atom. The monoisotopic (exact) mass is 431 g/mol. The first-order chi connectivity index (χ1) is 15.7. The predicted molar refractivity (Wildman–Crippen MR) is 136 cm³/mol. The second kappa shape index (κ2) is 11.7. The molecule has 2 unspecified atom stereocenters. The Morgan fingerprint density at radius 3 is 2.62 bits per heavy atom. The molecule has 0 radical (unpaired) electrons. The van der Waals surface area contributed by atoms with E-state index in [0.29, 0.717) is 5.78 Å². The van der Waals surface area contributed by atoms with E-state index >= 15 is 0 Å². The van der Waals surface area contributed by atoms with E-state index in [0.717, 1.165) is 39.0 Å². The van der Waals surface area contributed by atoms with Crippen molar-refractivity contribution in [3.8, 4) is 11.1 Å². The van der Waals surface area contributed by atoms with Crippen LogP contribution in [0.5, 0.6) is 0 Å². The van der Waals surface area contributed by atoms with Gasteiger partial charge >= 0.3 is 0 Å². The molecule has 2 aliphatic heterocycles. The number of carbonyl (C=O) groups excluding carboxylic acids is 1. The number of ketones is 1. The van der Waals surface area contributed by atoms with Crippen LogP contribution in [0.4, 0.5) is 5.69 Å². The van der Waals surface area contributed by atoms with Gasteiger partial charge in [0.1, 0.15) is 5.78 Å². The Morgan fingerprint density at radius 1 is 1.16 bits per heavy atom. The van der Waals surface area contributed by atoms with E-state index < -0.39 is 0 Å². The average Bonchev–Trinajstić information content (AvgIpc) is 3.39. The van der Waals surface area contributed by atoms with Crippen molar-refractivity contribution in [1.29, 1.82) is 0 Å². The number of hydrogen-bond acceptors (Lipinski definition) is 4. The van der Waals surface area contributed by atoms with Crippen LogP contribution in [0.15, 0.2) is 73.1 Å². The molecule has 4 nitrogen and oxygen atoms in total. The van der Waals surface area contributed by atoms with Crippen LogP contribution in [0.25, 0.3) is 11.1 Å². The smallest absolute Gasteiger partial charge is 0.144 e. The Bertz CT molecular complexity index is 929. The first-order valence-corrected chi connectivity index (χ1v) is 11.9. The Balaban J connectivity index is 0.00000141. The minimum absolute atomic E-state index is 0.0135. The zero-order chi connectivity index (χ0) is 22.9. The van der Waals surface area contributed by atoms with Crippen LogP contribution in [-0.2, 0) is 4.79 Å². The van der Waals surface area contributed by atoms with E-state index in [4.69, 9.17) is 0 Å². The number of hydrogen-bond donors (Lipinski definition) is 2. The van der Waals surface area contributed by atoms with Gasteiger partial charge in [0.05, 0.1) is 0 Å². The highest BCUT2D eigenvalue weighted by Crippen LogP contribution is 2.40. The minimum atomic E-state index is -0.0135. The molecule has 0 aliphatic carbocycles. The van der Waals surface area contributed by atoms with Crippen LogP contribution in [-0.4, -0.2) is 32.0 Å². The third kappa shape index (κ3) is 5.49. The minimum Gasteiger partial charge on any atom is -0.368 e. The van der Waals surface area contributed by atoms with Crippen molar-refractivity contribution in [2.24, 2.45) is 5.92 Å². The number of fused-ring (bicyclic) bond motifs is 1. The molecule has 0 spiro atoms. The summed E-state index contributed by atoms with van der Waals surface area (Å²) >= 11 is 0. The largest absolute Gasteiger partial charge is 0.368 e. The third-order valence-electron chi connectivity index (χ3n) is 6.23. The highest BCUT2D eigenvalue weighted by molar-refractivity contribution is 5.91. The topological polar surface area (TPSA) is 44.4 Å². The van der Waals surface area contributed by atoms with Gasteiger partial charge < -0.3 is 15.5 Å². The quantitative estimate of drug-likeness (QED) is 0.608. The highest BCUT2D eigenvalue weighted by Gasteiger charge is 2.35. The molecule has 0 aromatic heterocycles. The van der Waals surface area contributed by atoms with Gasteiger partial charge in [0.25, 0.3) is 0 Å². The van der Waals surface area contributed by atoms with E-state index in [1.807, 2.05) is 26.1 Å². The molecule has 2 aromatic carbocycles. The fraction of sp³-hybridized carbons (Fsp3) is 0.393. The van der Waals surface area contributed by atoms with Gasteiger partial charge in [0, 0.05) is 43.4 Å². The van der Waals surface area contributed by atoms with Gasteiger partial charge in [-0.3, -0.25) is 4.79 Å². The Kier molecular flexibility index (Phi) is 8.69. The molecule has 1 saturated heterocycles. The van der Waals surface area contributed by atoms with Crippen molar-refractivity contribution in [2.75, 3.05) is 31.1 Å². The van der Waals surface area contributed by atoms with E-state index in [1.54, 1.807) is 6.20 Å². The number of nitrogens with one attached hydrogen (secondary N) is 2. The molecular weight excluding hydrogens is 394 g/mol. The maximum absolute atomic E-state index is 13.4. The van der Waals surface area contributed by atoms with Crippen LogP contribution in [0, 0.1) is 5.92 Å². The number of benzene rings is 2. The summed E-state index contributed by atoms with van der Waals surface area (Å²) in [6, 6.07) is 17.1. The lowest BCUT2D eigenvalue weighted by atomic mass is 9.80. The number of rotatable bonds is 7. The van der Waals surface area contributed by atoms with Crippen molar-refractivity contribution < 1.29 is 4.79 Å². The highest BCUT2D eigenvalue weighted by atomic mass is 16.1. The molecule has 32 heavy (non-hydrogen) atoms. The molecule has 0 saturated carbocycles. The zero-order valence-electron chi connectivity index (χ0n) is 19.7. The molecule has 0 amide bonds. The molecule has 2 aliphatic rings. The van der Waals surface area contributed by atoms with Gasteiger partial charge in [-0.2, -0.15) is 0 Å². The molecule has 2 heterocycles. The van der Waals surface area contributed by atoms with Crippen molar-refractivity contribution in [1.82, 2.24) is 10.6 Å². The lowest BCUT2D eigenvalue weighted by Gasteiger charge is -2.36. The van der Waals surface area contributed by atoms with Crippen molar-refractivity contribution >= 4 is 11.5 Å². The summed E-state index contributed by atoms with van der Waals surface area (Å²) in [5.41, 5.74) is 5.98. The van der Waals surface area contributed by atoms with E-state index in [-0.39, 0.29) is 11.8 Å². The van der Waals surface area contributed by atoms with Gasteiger partial charge in [0.2, 0.25) is 0 Å². The predicted octanol–water partition coefficient (Wildman–Crippen LogP) is 5.49. The van der Waals surface area contributed by atoms with E-state index in [1.165, 1.54) is 28.0 Å². The fourth-order valence-corrected chi connectivity index (χ4v) is 4.68. The molecule has 2 atom stereocenters. The van der Waals surface area contributed by atoms with Gasteiger partial charge in [-0.15, -0.1) is 0 Å². The molecule has 4 rings (SSSR count). The Labute approximate surface area is 193 Å². The van der Waals surface area contributed by atoms with Crippen LogP contribution in [0.3, 0.4) is 0 Å². The van der Waals surface area contributed by atoms with E-state index in [9.17, 15) is 4.79 Å². The lowest BCUT2D eigenvalue weighted by Crippen LogP contribution is -2.36. The normalized spacial score (nSPS) is 20.1. The number of anilines is 1. The number of carbonyl (C=O) groups is 1. The first-order valence-electron chi connectivity index (χ1n) is 11.9. The van der Waals surface area contributed by atoms with Crippen molar-refractivity contribution in [2.45, 2.75) is 39.5 Å². The molecule has 2 N–H and O–H groups in total. The lowest BCUT2D eigenvalue weighted by molar-refractivity contribution is -0.124. The summed E-state index contributed by atoms with van der Waals surface area (Å²) < 4.78 is 0. The van der Waals surface area contributed by atoms with Crippen LogP contribution in [0.1, 0.15) is 45.1 Å². The molecule has 2 aromatic rings. The van der Waals surface area contributed by atoms with Crippen molar-refractivity contribution in [3.05, 3.63) is 78.6 Å². The summed E-state index contributed by atoms with van der Waals surface area (Å²) in [6.07, 6.45) is 5.52. The van der Waals surface area contributed by atoms with Crippen LogP contribution < -0.4 is 15.5 Å². The summed E-state index contributed by atoms with van der Waals surface area (Å²) in [7, 11) is 0. The SMILES string of the molecule is C=CN/C=C(\C)CN1CCC(C(=O)C2CCNC2)c2cc(-c3ccccc3)ccc21.CC. The van der Waals surface area contributed by atoms with Gasteiger partial charge in [-0.1, -0.05) is 56.8 Å². The van der Waals surface area contributed by atoms with Crippen molar-refractivity contribution in [3.63, 3.8) is 0 Å². The first kappa shape index (κ1) is 23.8. The Hall–Kier alpha value is -2.85.